The highest BCUT2D eigenvalue weighted by Crippen LogP contribution is 2.43. The van der Waals surface area contributed by atoms with Gasteiger partial charge in [-0.15, -0.1) is 5.10 Å². The molecule has 0 radical (unpaired) electrons. The van der Waals surface area contributed by atoms with Crippen LogP contribution in [0.4, 0.5) is 8.78 Å². The van der Waals surface area contributed by atoms with Crippen molar-refractivity contribution in [3.05, 3.63) is 59.0 Å². The normalized spacial score (nSPS) is 22.6. The number of thioether (sulfide) groups is 1. The largest absolute Gasteiger partial charge is 0.463 e. The fraction of sp³-hybridized carbons (Fsp3) is 0.360. The highest BCUT2D eigenvalue weighted by atomic mass is 35.5. The molecule has 1 saturated heterocycles. The Kier molecular flexibility index (Phi) is 8.79. The van der Waals surface area contributed by atoms with Crippen LogP contribution in [0.1, 0.15) is 32.5 Å². The third-order valence-electron chi connectivity index (χ3n) is 5.94. The van der Waals surface area contributed by atoms with Crippen molar-refractivity contribution in [3.8, 4) is 17.3 Å². The van der Waals surface area contributed by atoms with E-state index in [1.54, 1.807) is 6.07 Å². The minimum atomic E-state index is -1.04. The first kappa shape index (κ1) is 28.4. The lowest BCUT2D eigenvalue weighted by molar-refractivity contribution is -0.191. The molecule has 1 aliphatic heterocycles. The van der Waals surface area contributed by atoms with E-state index in [0.717, 1.165) is 12.1 Å². The first-order chi connectivity index (χ1) is 18.6. The van der Waals surface area contributed by atoms with Gasteiger partial charge in [0.2, 0.25) is 0 Å². The monoisotopic (exact) mass is 577 g/mol. The molecule has 0 aliphatic carbocycles. The molecule has 3 aromatic rings. The van der Waals surface area contributed by atoms with Crippen LogP contribution in [0.15, 0.2) is 41.6 Å². The SMILES string of the molecule is CC(=O)OCC1O[C@H](Sc2cnc(C#N)c(Cl)c2)C(C)[C@@H](n2cc(-c3ccc(F)c(F)c3)nn2)[C@H]1OC(C)=O. The molecule has 0 spiro atoms. The molecular formula is C25H22ClF2N5O5S. The zero-order valence-electron chi connectivity index (χ0n) is 20.9. The van der Waals surface area contributed by atoms with Crippen molar-refractivity contribution in [2.75, 3.05) is 6.61 Å². The van der Waals surface area contributed by atoms with Crippen molar-refractivity contribution in [1.82, 2.24) is 20.0 Å². The van der Waals surface area contributed by atoms with E-state index in [-0.39, 0.29) is 23.0 Å². The van der Waals surface area contributed by atoms with Gasteiger partial charge < -0.3 is 14.2 Å². The number of pyridine rings is 1. The summed E-state index contributed by atoms with van der Waals surface area (Å²) in [6.45, 7) is 4.11. The average Bonchev–Trinajstić information content (AvgIpc) is 3.36. The Morgan fingerprint density at radius 2 is 2.00 bits per heavy atom. The number of nitriles is 1. The molecule has 0 N–H and O–H groups in total. The fourth-order valence-electron chi connectivity index (χ4n) is 4.16. The van der Waals surface area contributed by atoms with E-state index in [2.05, 4.69) is 15.3 Å². The summed E-state index contributed by atoms with van der Waals surface area (Å²) in [6.07, 6.45) is 1.17. The van der Waals surface area contributed by atoms with E-state index in [1.165, 1.54) is 48.8 Å². The molecule has 10 nitrogen and oxygen atoms in total. The molecule has 0 saturated carbocycles. The van der Waals surface area contributed by atoms with Gasteiger partial charge in [-0.2, -0.15) is 5.26 Å². The average molecular weight is 578 g/mol. The summed E-state index contributed by atoms with van der Waals surface area (Å²) in [4.78, 5) is 28.3. The van der Waals surface area contributed by atoms with Crippen LogP contribution in [-0.2, 0) is 23.8 Å². The number of hydrogen-bond acceptors (Lipinski definition) is 10. The van der Waals surface area contributed by atoms with E-state index in [0.29, 0.717) is 10.5 Å². The first-order valence-corrected chi connectivity index (χ1v) is 12.9. The zero-order valence-corrected chi connectivity index (χ0v) is 22.4. The van der Waals surface area contributed by atoms with Crippen LogP contribution in [0, 0.1) is 28.9 Å². The summed E-state index contributed by atoms with van der Waals surface area (Å²) in [6, 6.07) is 6.17. The van der Waals surface area contributed by atoms with E-state index in [4.69, 9.17) is 31.1 Å². The molecule has 204 valence electrons. The molecule has 3 heterocycles. The lowest BCUT2D eigenvalue weighted by atomic mass is 9.90. The minimum absolute atomic E-state index is 0.0755. The molecule has 1 aliphatic rings. The van der Waals surface area contributed by atoms with Crippen molar-refractivity contribution in [2.45, 2.75) is 49.4 Å². The van der Waals surface area contributed by atoms with E-state index < -0.39 is 53.2 Å². The minimum Gasteiger partial charge on any atom is -0.463 e. The second-order valence-corrected chi connectivity index (χ2v) is 10.3. The van der Waals surface area contributed by atoms with Crippen LogP contribution in [0.25, 0.3) is 11.3 Å². The van der Waals surface area contributed by atoms with Crippen molar-refractivity contribution in [1.29, 1.82) is 5.26 Å². The Balaban J connectivity index is 1.72. The zero-order chi connectivity index (χ0) is 28.3. The van der Waals surface area contributed by atoms with Crippen LogP contribution < -0.4 is 0 Å². The standard InChI is InChI=1S/C25H22ClF2N5O5S/c1-12-23(33-10-21(31-32-33)15-4-5-18(27)19(28)6-15)24(37-14(3)35)22(11-36-13(2)34)38-25(12)39-16-7-17(26)20(8-29)30-9-16/h4-7,9-10,12,22-25H,11H2,1-3H3/t12?,22?,23-,24+,25-/m1/s1. The first-order valence-electron chi connectivity index (χ1n) is 11.6. The van der Waals surface area contributed by atoms with Crippen molar-refractivity contribution < 1.29 is 32.6 Å². The van der Waals surface area contributed by atoms with Crippen molar-refractivity contribution >= 4 is 35.3 Å². The third-order valence-corrected chi connectivity index (χ3v) is 7.49. The molecule has 0 amide bonds. The third kappa shape index (κ3) is 6.52. The van der Waals surface area contributed by atoms with Gasteiger partial charge in [0.25, 0.3) is 0 Å². The highest BCUT2D eigenvalue weighted by Gasteiger charge is 2.48. The maximum absolute atomic E-state index is 13.8. The van der Waals surface area contributed by atoms with E-state index in [1.807, 2.05) is 13.0 Å². The predicted octanol–water partition coefficient (Wildman–Crippen LogP) is 4.33. The Morgan fingerprint density at radius 1 is 1.23 bits per heavy atom. The maximum Gasteiger partial charge on any atom is 0.303 e. The topological polar surface area (TPSA) is 129 Å². The van der Waals surface area contributed by atoms with Crippen LogP contribution >= 0.6 is 23.4 Å². The van der Waals surface area contributed by atoms with Gasteiger partial charge in [0.1, 0.15) is 29.9 Å². The quantitative estimate of drug-likeness (QED) is 0.374. The van der Waals surface area contributed by atoms with Gasteiger partial charge in [-0.3, -0.25) is 9.59 Å². The summed E-state index contributed by atoms with van der Waals surface area (Å²) < 4.78 is 45.9. The molecule has 2 unspecified atom stereocenters. The summed E-state index contributed by atoms with van der Waals surface area (Å²) in [7, 11) is 0. The molecule has 1 fully saturated rings. The van der Waals surface area contributed by atoms with Crippen molar-refractivity contribution in [2.24, 2.45) is 5.92 Å². The second-order valence-electron chi connectivity index (χ2n) is 8.71. The van der Waals surface area contributed by atoms with Gasteiger partial charge in [0.05, 0.1) is 17.3 Å². The number of benzene rings is 1. The number of carbonyl (C=O) groups excluding carboxylic acids is 2. The van der Waals surface area contributed by atoms with Gasteiger partial charge in [-0.05, 0) is 24.3 Å². The predicted molar refractivity (Wildman–Crippen MR) is 134 cm³/mol. The Hall–Kier alpha value is -3.60. The van der Waals surface area contributed by atoms with E-state index >= 15 is 0 Å². The number of rotatable bonds is 7. The summed E-state index contributed by atoms with van der Waals surface area (Å²) in [5, 5.41) is 17.6. The van der Waals surface area contributed by atoms with Crippen LogP contribution in [0.2, 0.25) is 5.02 Å². The smallest absolute Gasteiger partial charge is 0.303 e. The Labute approximate surface area is 231 Å². The molecular weight excluding hydrogens is 556 g/mol. The van der Waals surface area contributed by atoms with Gasteiger partial charge in [-0.25, -0.2) is 18.4 Å². The number of esters is 2. The lowest BCUT2D eigenvalue weighted by Crippen LogP contribution is -2.53. The van der Waals surface area contributed by atoms with Gasteiger partial charge >= 0.3 is 11.9 Å². The summed E-state index contributed by atoms with van der Waals surface area (Å²) in [5.74, 6) is -3.58. The van der Waals surface area contributed by atoms with Gasteiger partial charge in [0.15, 0.2) is 23.4 Å². The number of nitrogens with zero attached hydrogens (tertiary/aromatic N) is 5. The summed E-state index contributed by atoms with van der Waals surface area (Å²) in [5.41, 5.74) is 0.0261. The number of hydrogen-bond donors (Lipinski definition) is 0. The Bertz CT molecular complexity index is 1430. The second kappa shape index (κ2) is 12.1. The van der Waals surface area contributed by atoms with Crippen molar-refractivity contribution in [3.63, 3.8) is 0 Å². The maximum atomic E-state index is 13.8. The lowest BCUT2D eigenvalue weighted by Gasteiger charge is -2.44. The number of halogens is 3. The fourth-order valence-corrected chi connectivity index (χ4v) is 5.58. The van der Waals surface area contributed by atoms with Crippen LogP contribution in [0.3, 0.4) is 0 Å². The Morgan fingerprint density at radius 3 is 2.64 bits per heavy atom. The molecule has 5 atom stereocenters. The molecule has 2 aromatic heterocycles. The number of aromatic nitrogens is 4. The molecule has 4 rings (SSSR count). The van der Waals surface area contributed by atoms with Gasteiger partial charge in [0, 0.05) is 36.4 Å². The van der Waals surface area contributed by atoms with E-state index in [9.17, 15) is 18.4 Å². The summed E-state index contributed by atoms with van der Waals surface area (Å²) >= 11 is 7.41. The molecule has 1 aromatic carbocycles. The molecule has 39 heavy (non-hydrogen) atoms. The van der Waals surface area contributed by atoms with Crippen LogP contribution in [0.5, 0.6) is 0 Å². The number of ether oxygens (including phenoxy) is 3. The highest BCUT2D eigenvalue weighted by molar-refractivity contribution is 7.99. The van der Waals surface area contributed by atoms with Crippen LogP contribution in [-0.4, -0.2) is 56.2 Å². The molecule has 0 bridgehead atoms. The molecule has 14 heteroatoms. The number of carbonyl (C=O) groups is 2. The van der Waals surface area contributed by atoms with Gasteiger partial charge in [-0.1, -0.05) is 35.5 Å².